The van der Waals surface area contributed by atoms with Gasteiger partial charge in [0, 0.05) is 17.3 Å². The number of hydrogen-bond acceptors (Lipinski definition) is 5. The number of aromatic nitrogens is 3. The van der Waals surface area contributed by atoms with Gasteiger partial charge in [-0.25, -0.2) is 9.50 Å². The second-order valence-electron chi connectivity index (χ2n) is 8.32. The number of nitrogens with zero attached hydrogens (tertiary/aromatic N) is 3. The Morgan fingerprint density at radius 1 is 1.11 bits per heavy atom. The van der Waals surface area contributed by atoms with Gasteiger partial charge < -0.3 is 14.6 Å². The first-order valence-corrected chi connectivity index (χ1v) is 11.2. The standard InChI is InChI=1S/C28H27N3O4/c1-5-6-21(14-26(32)33)20-7-9-24(10-8-20)35-16-23-13-22(15-31-28(23)29-17-30-31)27-18(2)11-25(34-4)12-19(27)3/h7-13,15,17,21H,14,16H2,1-4H3,(H,32,33). The molecule has 1 atom stereocenters. The first-order chi connectivity index (χ1) is 16.9. The molecule has 0 radical (unpaired) electrons. The smallest absolute Gasteiger partial charge is 0.304 e. The number of rotatable bonds is 8. The zero-order valence-corrected chi connectivity index (χ0v) is 20.2. The molecule has 0 saturated carbocycles. The Bertz CT molecular complexity index is 1410. The minimum atomic E-state index is -0.877. The molecule has 0 aliphatic rings. The predicted octanol–water partition coefficient (Wildman–Crippen LogP) is 5.18. The number of ether oxygens (including phenoxy) is 2. The van der Waals surface area contributed by atoms with E-state index in [4.69, 9.17) is 14.6 Å². The molecule has 1 N–H and O–H groups in total. The molecule has 0 saturated heterocycles. The summed E-state index contributed by atoms with van der Waals surface area (Å²) in [6, 6.07) is 13.5. The first-order valence-electron chi connectivity index (χ1n) is 11.2. The van der Waals surface area contributed by atoms with Crippen LogP contribution in [0.5, 0.6) is 11.5 Å². The minimum absolute atomic E-state index is 0.0388. The van der Waals surface area contributed by atoms with Crippen LogP contribution in [0.4, 0.5) is 0 Å². The Morgan fingerprint density at radius 2 is 1.83 bits per heavy atom. The summed E-state index contributed by atoms with van der Waals surface area (Å²) < 4.78 is 13.3. The Hall–Kier alpha value is -4.31. The molecule has 7 nitrogen and oxygen atoms in total. The van der Waals surface area contributed by atoms with Crippen molar-refractivity contribution in [2.45, 2.75) is 39.7 Å². The van der Waals surface area contributed by atoms with E-state index in [9.17, 15) is 4.79 Å². The van der Waals surface area contributed by atoms with Crippen LogP contribution in [-0.4, -0.2) is 32.8 Å². The number of methoxy groups -OCH3 is 1. The van der Waals surface area contributed by atoms with Crippen molar-refractivity contribution >= 4 is 11.6 Å². The van der Waals surface area contributed by atoms with Crippen molar-refractivity contribution in [3.63, 3.8) is 0 Å². The normalized spacial score (nSPS) is 11.5. The number of fused-ring (bicyclic) bond motifs is 1. The van der Waals surface area contributed by atoms with E-state index in [0.29, 0.717) is 12.4 Å². The van der Waals surface area contributed by atoms with E-state index in [1.54, 1.807) is 18.5 Å². The number of benzene rings is 2. The predicted molar refractivity (Wildman–Crippen MR) is 134 cm³/mol. The van der Waals surface area contributed by atoms with Crippen LogP contribution < -0.4 is 9.47 Å². The molecule has 2 heterocycles. The largest absolute Gasteiger partial charge is 0.497 e. The molecular formula is C28H27N3O4. The molecule has 178 valence electrons. The fraction of sp³-hybridized carbons (Fsp3) is 0.250. The summed E-state index contributed by atoms with van der Waals surface area (Å²) >= 11 is 0. The summed E-state index contributed by atoms with van der Waals surface area (Å²) in [6.07, 6.45) is 3.46. The van der Waals surface area contributed by atoms with Crippen LogP contribution in [-0.2, 0) is 11.4 Å². The SMILES string of the molecule is CC#CC(CC(=O)O)c1ccc(OCc2cc(-c3c(C)cc(OC)cc3C)cn3ncnc23)cc1. The number of carbonyl (C=O) groups is 1. The lowest BCUT2D eigenvalue weighted by Gasteiger charge is -2.15. The number of aryl methyl sites for hydroxylation is 2. The van der Waals surface area contributed by atoms with Gasteiger partial charge >= 0.3 is 5.97 Å². The molecule has 4 aromatic rings. The van der Waals surface area contributed by atoms with Crippen molar-refractivity contribution in [2.75, 3.05) is 7.11 Å². The van der Waals surface area contributed by atoms with Crippen LogP contribution in [0, 0.1) is 25.7 Å². The van der Waals surface area contributed by atoms with E-state index in [1.807, 2.05) is 42.6 Å². The van der Waals surface area contributed by atoms with Crippen molar-refractivity contribution in [3.05, 3.63) is 77.2 Å². The van der Waals surface area contributed by atoms with E-state index in [-0.39, 0.29) is 12.3 Å². The molecule has 4 rings (SSSR count). The summed E-state index contributed by atoms with van der Waals surface area (Å²) in [5, 5.41) is 13.5. The highest BCUT2D eigenvalue weighted by molar-refractivity contribution is 5.73. The Kier molecular flexibility index (Phi) is 7.02. The number of pyridine rings is 1. The third-order valence-electron chi connectivity index (χ3n) is 5.86. The molecule has 35 heavy (non-hydrogen) atoms. The average Bonchev–Trinajstić information content (AvgIpc) is 3.31. The van der Waals surface area contributed by atoms with Gasteiger partial charge in [0.05, 0.1) is 19.4 Å². The second kappa shape index (κ2) is 10.3. The summed E-state index contributed by atoms with van der Waals surface area (Å²) in [5.74, 6) is 6.05. The second-order valence-corrected chi connectivity index (χ2v) is 8.32. The van der Waals surface area contributed by atoms with Crippen LogP contribution in [0.3, 0.4) is 0 Å². The van der Waals surface area contributed by atoms with Gasteiger partial charge in [-0.15, -0.1) is 5.92 Å². The molecular weight excluding hydrogens is 442 g/mol. The van der Waals surface area contributed by atoms with Crippen LogP contribution in [0.2, 0.25) is 0 Å². The Balaban J connectivity index is 1.60. The Labute approximate surface area is 204 Å². The number of aliphatic carboxylic acids is 1. The van der Waals surface area contributed by atoms with Gasteiger partial charge in [-0.2, -0.15) is 5.10 Å². The molecule has 0 aliphatic carbocycles. The van der Waals surface area contributed by atoms with Crippen molar-refractivity contribution in [2.24, 2.45) is 0 Å². The quantitative estimate of drug-likeness (QED) is 0.358. The molecule has 2 aromatic heterocycles. The van der Waals surface area contributed by atoms with Crippen LogP contribution in [0.1, 0.15) is 41.5 Å². The van der Waals surface area contributed by atoms with E-state index in [0.717, 1.165) is 44.8 Å². The van der Waals surface area contributed by atoms with E-state index >= 15 is 0 Å². The number of hydrogen-bond donors (Lipinski definition) is 1. The molecule has 0 bridgehead atoms. The fourth-order valence-electron chi connectivity index (χ4n) is 4.29. The van der Waals surface area contributed by atoms with Gasteiger partial charge in [0.1, 0.15) is 24.4 Å². The maximum absolute atomic E-state index is 11.2. The molecule has 0 amide bonds. The highest BCUT2D eigenvalue weighted by Crippen LogP contribution is 2.32. The highest BCUT2D eigenvalue weighted by atomic mass is 16.5. The minimum Gasteiger partial charge on any atom is -0.497 e. The van der Waals surface area contributed by atoms with Gasteiger partial charge in [0.2, 0.25) is 0 Å². The molecule has 0 aliphatic heterocycles. The maximum atomic E-state index is 11.2. The molecule has 1 unspecified atom stereocenters. The summed E-state index contributed by atoms with van der Waals surface area (Å²) in [6.45, 7) is 6.14. The number of carboxylic acids is 1. The number of carboxylic acid groups (broad SMARTS) is 1. The Morgan fingerprint density at radius 3 is 2.46 bits per heavy atom. The van der Waals surface area contributed by atoms with Gasteiger partial charge in [-0.3, -0.25) is 4.79 Å². The lowest BCUT2D eigenvalue weighted by Crippen LogP contribution is -2.05. The molecule has 0 fully saturated rings. The van der Waals surface area contributed by atoms with Gasteiger partial charge in [0.25, 0.3) is 0 Å². The summed E-state index contributed by atoms with van der Waals surface area (Å²) in [5.41, 5.74) is 6.83. The summed E-state index contributed by atoms with van der Waals surface area (Å²) in [7, 11) is 1.67. The van der Waals surface area contributed by atoms with Crippen molar-refractivity contribution in [1.29, 1.82) is 0 Å². The highest BCUT2D eigenvalue weighted by Gasteiger charge is 2.15. The van der Waals surface area contributed by atoms with E-state index < -0.39 is 5.97 Å². The van der Waals surface area contributed by atoms with Crippen molar-refractivity contribution in [1.82, 2.24) is 14.6 Å². The third kappa shape index (κ3) is 5.28. The van der Waals surface area contributed by atoms with Crippen LogP contribution in [0.25, 0.3) is 16.8 Å². The van der Waals surface area contributed by atoms with Gasteiger partial charge in [-0.1, -0.05) is 18.1 Å². The molecule has 2 aromatic carbocycles. The maximum Gasteiger partial charge on any atom is 0.304 e. The molecule has 0 spiro atoms. The van der Waals surface area contributed by atoms with Crippen LogP contribution >= 0.6 is 0 Å². The fourth-order valence-corrected chi connectivity index (χ4v) is 4.29. The van der Waals surface area contributed by atoms with Crippen molar-refractivity contribution < 1.29 is 19.4 Å². The molecule has 7 heteroatoms. The van der Waals surface area contributed by atoms with Gasteiger partial charge in [0.15, 0.2) is 5.65 Å². The lowest BCUT2D eigenvalue weighted by molar-refractivity contribution is -0.137. The summed E-state index contributed by atoms with van der Waals surface area (Å²) in [4.78, 5) is 15.6. The van der Waals surface area contributed by atoms with E-state index in [1.165, 1.54) is 6.33 Å². The third-order valence-corrected chi connectivity index (χ3v) is 5.86. The topological polar surface area (TPSA) is 86.0 Å². The first kappa shape index (κ1) is 23.8. The zero-order chi connectivity index (χ0) is 24.9. The van der Waals surface area contributed by atoms with Crippen molar-refractivity contribution in [3.8, 4) is 34.5 Å². The monoisotopic (exact) mass is 469 g/mol. The average molecular weight is 470 g/mol. The lowest BCUT2D eigenvalue weighted by atomic mass is 9.95. The van der Waals surface area contributed by atoms with Crippen LogP contribution in [0.15, 0.2) is 55.0 Å². The van der Waals surface area contributed by atoms with E-state index in [2.05, 4.69) is 41.8 Å². The van der Waals surface area contributed by atoms with Gasteiger partial charge in [-0.05, 0) is 73.4 Å². The zero-order valence-electron chi connectivity index (χ0n) is 20.2.